The van der Waals surface area contributed by atoms with Crippen molar-refractivity contribution in [3.63, 3.8) is 0 Å². The monoisotopic (exact) mass is 366 g/mol. The maximum absolute atomic E-state index is 12.5. The number of nitro groups is 1. The molecule has 0 saturated heterocycles. The highest BCUT2D eigenvalue weighted by molar-refractivity contribution is 7.91. The molecule has 0 saturated carbocycles. The Balaban J connectivity index is 2.37. The zero-order valence-corrected chi connectivity index (χ0v) is 14.2. The van der Waals surface area contributed by atoms with Gasteiger partial charge in [0.1, 0.15) is 4.21 Å². The lowest BCUT2D eigenvalue weighted by Crippen LogP contribution is -2.28. The van der Waals surface area contributed by atoms with Gasteiger partial charge in [0.25, 0.3) is 15.7 Å². The number of sulfonamides is 1. The summed E-state index contributed by atoms with van der Waals surface area (Å²) in [4.78, 5) is 11.0. The molecule has 0 bridgehead atoms. The maximum atomic E-state index is 12.5. The first-order chi connectivity index (χ1) is 9.75. The van der Waals surface area contributed by atoms with Gasteiger partial charge in [0.05, 0.1) is 11.0 Å². The van der Waals surface area contributed by atoms with Gasteiger partial charge in [-0.15, -0.1) is 22.7 Å². The van der Waals surface area contributed by atoms with E-state index < -0.39 is 20.6 Å². The van der Waals surface area contributed by atoms with Crippen molar-refractivity contribution in [2.45, 2.75) is 17.2 Å². The first-order valence-corrected chi connectivity index (χ1v) is 9.21. The smallest absolute Gasteiger partial charge is 0.258 e. The van der Waals surface area contributed by atoms with Crippen LogP contribution in [0, 0.1) is 10.1 Å². The molecule has 0 amide bonds. The highest BCUT2D eigenvalue weighted by atomic mass is 35.5. The molecule has 2 aromatic heterocycles. The van der Waals surface area contributed by atoms with Crippen molar-refractivity contribution in [3.8, 4) is 0 Å². The van der Waals surface area contributed by atoms with Gasteiger partial charge in [0.15, 0.2) is 4.34 Å². The van der Waals surface area contributed by atoms with Crippen LogP contribution in [-0.2, 0) is 10.0 Å². The third kappa shape index (κ3) is 3.11. The summed E-state index contributed by atoms with van der Waals surface area (Å²) in [5.41, 5.74) is -0.391. The van der Waals surface area contributed by atoms with Crippen LogP contribution in [-0.4, -0.2) is 24.7 Å². The Bertz CT molecular complexity index is 755. The highest BCUT2D eigenvalue weighted by Crippen LogP contribution is 2.39. The standard InChI is InChI=1S/C11H11ClN2O4S3/c1-7(9-4-3-5-19-9)13(2)21(17,18)10-6-8(14(15)16)11(12)20-10/h3-7H,1-2H3. The zero-order valence-electron chi connectivity index (χ0n) is 11.0. The van der Waals surface area contributed by atoms with Crippen molar-refractivity contribution in [2.75, 3.05) is 7.05 Å². The van der Waals surface area contributed by atoms with Gasteiger partial charge in [-0.05, 0) is 18.4 Å². The average Bonchev–Trinajstić information content (AvgIpc) is 3.05. The van der Waals surface area contributed by atoms with Crippen LogP contribution < -0.4 is 0 Å². The van der Waals surface area contributed by atoms with Crippen molar-refractivity contribution in [3.05, 3.63) is 42.9 Å². The molecule has 1 unspecified atom stereocenters. The topological polar surface area (TPSA) is 80.5 Å². The minimum Gasteiger partial charge on any atom is -0.258 e. The molecule has 0 aromatic carbocycles. The lowest BCUT2D eigenvalue weighted by atomic mass is 10.3. The summed E-state index contributed by atoms with van der Waals surface area (Å²) < 4.78 is 25.9. The van der Waals surface area contributed by atoms with E-state index in [4.69, 9.17) is 11.6 Å². The van der Waals surface area contributed by atoms with Crippen molar-refractivity contribution >= 4 is 50.0 Å². The summed E-state index contributed by atoms with van der Waals surface area (Å²) in [6.07, 6.45) is 0. The fraction of sp³-hybridized carbons (Fsp3) is 0.273. The Morgan fingerprint density at radius 3 is 2.62 bits per heavy atom. The Kier molecular flexibility index (Phi) is 4.69. The summed E-state index contributed by atoms with van der Waals surface area (Å²) in [5.74, 6) is 0. The molecule has 0 aliphatic carbocycles. The summed E-state index contributed by atoms with van der Waals surface area (Å²) in [5, 5.41) is 12.6. The third-order valence-electron chi connectivity index (χ3n) is 2.98. The van der Waals surface area contributed by atoms with E-state index in [9.17, 15) is 18.5 Å². The molecule has 0 aliphatic rings. The summed E-state index contributed by atoms with van der Waals surface area (Å²) in [7, 11) is -2.39. The summed E-state index contributed by atoms with van der Waals surface area (Å²) in [6, 6.07) is 4.31. The van der Waals surface area contributed by atoms with E-state index in [2.05, 4.69) is 0 Å². The second kappa shape index (κ2) is 6.01. The molecule has 0 aliphatic heterocycles. The maximum Gasteiger partial charge on any atom is 0.300 e. The molecule has 114 valence electrons. The van der Waals surface area contributed by atoms with E-state index in [1.807, 2.05) is 17.5 Å². The largest absolute Gasteiger partial charge is 0.300 e. The van der Waals surface area contributed by atoms with Gasteiger partial charge in [-0.3, -0.25) is 10.1 Å². The molecule has 0 spiro atoms. The average molecular weight is 367 g/mol. The quantitative estimate of drug-likeness (QED) is 0.596. The number of hydrogen-bond donors (Lipinski definition) is 0. The Labute approximate surface area is 134 Å². The number of hydrogen-bond acceptors (Lipinski definition) is 6. The van der Waals surface area contributed by atoms with Crippen molar-refractivity contribution in [1.82, 2.24) is 4.31 Å². The Morgan fingerprint density at radius 2 is 2.14 bits per heavy atom. The lowest BCUT2D eigenvalue weighted by molar-refractivity contribution is -0.384. The Hall–Kier alpha value is -1.000. The number of nitrogens with zero attached hydrogens (tertiary/aromatic N) is 2. The van der Waals surface area contributed by atoms with Gasteiger partial charge in [0, 0.05) is 18.0 Å². The van der Waals surface area contributed by atoms with Crippen LogP contribution in [0.4, 0.5) is 5.69 Å². The number of rotatable bonds is 5. The van der Waals surface area contributed by atoms with E-state index >= 15 is 0 Å². The predicted molar refractivity (Wildman–Crippen MR) is 83.7 cm³/mol. The predicted octanol–water partition coefficient (Wildman–Crippen LogP) is 3.75. The summed E-state index contributed by atoms with van der Waals surface area (Å²) in [6.45, 7) is 1.76. The van der Waals surface area contributed by atoms with E-state index in [0.29, 0.717) is 11.3 Å². The molecule has 10 heteroatoms. The molecule has 2 aromatic rings. The first kappa shape index (κ1) is 16.4. The minimum absolute atomic E-state index is 0.134. The Morgan fingerprint density at radius 1 is 1.48 bits per heavy atom. The van der Waals surface area contributed by atoms with Gasteiger partial charge >= 0.3 is 0 Å². The van der Waals surface area contributed by atoms with Crippen molar-refractivity contribution < 1.29 is 13.3 Å². The molecule has 0 fully saturated rings. The molecule has 6 nitrogen and oxygen atoms in total. The van der Waals surface area contributed by atoms with Crippen LogP contribution in [0.2, 0.25) is 4.34 Å². The molecule has 1 atom stereocenters. The van der Waals surface area contributed by atoms with Crippen LogP contribution in [0.5, 0.6) is 0 Å². The van der Waals surface area contributed by atoms with E-state index in [0.717, 1.165) is 10.9 Å². The van der Waals surface area contributed by atoms with Gasteiger partial charge in [0.2, 0.25) is 0 Å². The van der Waals surface area contributed by atoms with E-state index in [1.54, 1.807) is 6.92 Å². The molecular weight excluding hydrogens is 356 g/mol. The second-order valence-electron chi connectivity index (χ2n) is 4.19. The normalized spacial score (nSPS) is 13.5. The van der Waals surface area contributed by atoms with Crippen LogP contribution in [0.15, 0.2) is 27.8 Å². The van der Waals surface area contributed by atoms with Gasteiger partial charge < -0.3 is 0 Å². The van der Waals surface area contributed by atoms with E-state index in [-0.39, 0.29) is 14.6 Å². The molecular formula is C11H11ClN2O4S3. The molecule has 2 heterocycles. The van der Waals surface area contributed by atoms with Crippen LogP contribution in [0.1, 0.15) is 17.8 Å². The van der Waals surface area contributed by atoms with Gasteiger partial charge in [-0.1, -0.05) is 17.7 Å². The second-order valence-corrected chi connectivity index (χ2v) is 9.05. The van der Waals surface area contributed by atoms with Crippen LogP contribution in [0.3, 0.4) is 0 Å². The highest BCUT2D eigenvalue weighted by Gasteiger charge is 2.31. The zero-order chi connectivity index (χ0) is 15.8. The van der Waals surface area contributed by atoms with E-state index in [1.165, 1.54) is 22.7 Å². The van der Waals surface area contributed by atoms with Gasteiger partial charge in [-0.25, -0.2) is 8.42 Å². The van der Waals surface area contributed by atoms with Crippen LogP contribution >= 0.6 is 34.3 Å². The molecule has 2 rings (SSSR count). The SMILES string of the molecule is CC(c1cccs1)N(C)S(=O)(=O)c1cc([N+](=O)[O-])c(Cl)s1. The van der Waals surface area contributed by atoms with Crippen molar-refractivity contribution in [1.29, 1.82) is 0 Å². The first-order valence-electron chi connectivity index (χ1n) is 5.70. The van der Waals surface area contributed by atoms with Crippen molar-refractivity contribution in [2.24, 2.45) is 0 Å². The fourth-order valence-corrected chi connectivity index (χ4v) is 5.74. The number of thiophene rings is 2. The third-order valence-corrected chi connectivity index (χ3v) is 7.73. The molecule has 0 N–H and O–H groups in total. The molecule has 0 radical (unpaired) electrons. The lowest BCUT2D eigenvalue weighted by Gasteiger charge is -2.22. The van der Waals surface area contributed by atoms with Crippen LogP contribution in [0.25, 0.3) is 0 Å². The molecule has 21 heavy (non-hydrogen) atoms. The minimum atomic E-state index is -3.83. The number of halogens is 1. The fourth-order valence-electron chi connectivity index (χ4n) is 1.65. The summed E-state index contributed by atoms with van der Waals surface area (Å²) >= 11 is 7.86. The van der Waals surface area contributed by atoms with Gasteiger partial charge in [-0.2, -0.15) is 4.31 Å².